The van der Waals surface area contributed by atoms with Crippen molar-refractivity contribution in [1.29, 1.82) is 0 Å². The Kier molecular flexibility index (Phi) is 5.73. The molecule has 0 bridgehead atoms. The van der Waals surface area contributed by atoms with Gasteiger partial charge in [0.2, 0.25) is 5.91 Å². The summed E-state index contributed by atoms with van der Waals surface area (Å²) in [6.07, 6.45) is 3.21. The van der Waals surface area contributed by atoms with Gasteiger partial charge in [0.25, 0.3) is 11.6 Å². The Labute approximate surface area is 188 Å². The smallest absolute Gasteiger partial charge is 0.325 e. The van der Waals surface area contributed by atoms with E-state index in [1.54, 1.807) is 47.2 Å². The van der Waals surface area contributed by atoms with Crippen molar-refractivity contribution >= 4 is 35.3 Å². The largest absolute Gasteiger partial charge is 0.329 e. The number of nitro groups is 1. The summed E-state index contributed by atoms with van der Waals surface area (Å²) in [5, 5.41) is 16.0. The molecule has 0 spiro atoms. The molecule has 2 aromatic carbocycles. The summed E-state index contributed by atoms with van der Waals surface area (Å²) in [4.78, 5) is 48.6. The lowest BCUT2D eigenvalue weighted by Crippen LogP contribution is -2.38. The number of hydrogen-bond acceptors (Lipinski definition) is 5. The topological polar surface area (TPSA) is 127 Å². The molecule has 10 nitrogen and oxygen atoms in total. The number of rotatable bonds is 6. The van der Waals surface area contributed by atoms with E-state index in [-0.39, 0.29) is 11.4 Å². The normalized spacial score (nSPS) is 14.5. The first-order valence-corrected chi connectivity index (χ1v) is 9.95. The Hall–Kier alpha value is -4.73. The number of nitrogens with one attached hydrogen (secondary N) is 2. The van der Waals surface area contributed by atoms with Crippen LogP contribution in [0.4, 0.5) is 16.2 Å². The Morgan fingerprint density at radius 2 is 1.79 bits per heavy atom. The van der Waals surface area contributed by atoms with Crippen molar-refractivity contribution in [2.75, 3.05) is 11.9 Å². The fourth-order valence-electron chi connectivity index (χ4n) is 3.33. The van der Waals surface area contributed by atoms with Crippen molar-refractivity contribution in [3.05, 3.63) is 93.9 Å². The zero-order chi connectivity index (χ0) is 23.5. The molecule has 0 unspecified atom stereocenters. The molecule has 1 aliphatic heterocycles. The second kappa shape index (κ2) is 8.79. The van der Waals surface area contributed by atoms with Crippen molar-refractivity contribution in [3.8, 4) is 5.69 Å². The molecule has 1 saturated heterocycles. The minimum absolute atomic E-state index is 0.0185. The number of nitro benzene ring substituents is 1. The first kappa shape index (κ1) is 21.5. The van der Waals surface area contributed by atoms with Crippen LogP contribution >= 0.6 is 0 Å². The van der Waals surface area contributed by atoms with E-state index in [2.05, 4.69) is 10.6 Å². The summed E-state index contributed by atoms with van der Waals surface area (Å²) >= 11 is 0. The molecule has 10 heteroatoms. The second-order valence-corrected chi connectivity index (χ2v) is 7.37. The number of carbonyl (C=O) groups excluding carboxylic acids is 3. The van der Waals surface area contributed by atoms with Crippen LogP contribution in [0.5, 0.6) is 0 Å². The highest BCUT2D eigenvalue weighted by atomic mass is 16.6. The zero-order valence-electron chi connectivity index (χ0n) is 17.5. The maximum absolute atomic E-state index is 12.8. The molecule has 0 saturated carbocycles. The van der Waals surface area contributed by atoms with E-state index >= 15 is 0 Å². The highest BCUT2D eigenvalue weighted by Gasteiger charge is 2.35. The number of urea groups is 1. The first-order chi connectivity index (χ1) is 15.8. The molecule has 166 valence electrons. The molecule has 2 heterocycles. The van der Waals surface area contributed by atoms with Crippen LogP contribution in [-0.2, 0) is 9.59 Å². The standard InChI is InChI=1S/C23H19N5O5/c1-15-4-6-16(7-5-15)24-21(29)14-27-22(30)20(25-23(27)31)13-19-3-2-12-26(19)17-8-10-18(11-9-17)28(32)33/h2-13H,14H2,1H3,(H,24,29)(H,25,31)/b20-13+. The van der Waals surface area contributed by atoms with Gasteiger partial charge in [-0.1, -0.05) is 17.7 Å². The number of anilines is 1. The summed E-state index contributed by atoms with van der Waals surface area (Å²) < 4.78 is 1.71. The first-order valence-electron chi connectivity index (χ1n) is 9.95. The number of aromatic nitrogens is 1. The van der Waals surface area contributed by atoms with E-state index in [9.17, 15) is 24.5 Å². The summed E-state index contributed by atoms with van der Waals surface area (Å²) in [5.74, 6) is -1.13. The molecule has 1 aromatic heterocycles. The van der Waals surface area contributed by atoms with Gasteiger partial charge in [-0.25, -0.2) is 9.69 Å². The lowest BCUT2D eigenvalue weighted by atomic mass is 10.2. The van der Waals surface area contributed by atoms with Crippen LogP contribution in [0.2, 0.25) is 0 Å². The summed E-state index contributed by atoms with van der Waals surface area (Å²) in [6, 6.07) is 15.8. The van der Waals surface area contributed by atoms with Gasteiger partial charge in [-0.3, -0.25) is 19.7 Å². The van der Waals surface area contributed by atoms with Gasteiger partial charge in [0.15, 0.2) is 0 Å². The van der Waals surface area contributed by atoms with Gasteiger partial charge in [0.05, 0.1) is 4.92 Å². The number of aryl methyl sites for hydroxylation is 1. The van der Waals surface area contributed by atoms with Crippen LogP contribution in [-0.4, -0.2) is 38.8 Å². The molecule has 3 aromatic rings. The SMILES string of the molecule is Cc1ccc(NC(=O)CN2C(=O)N/C(=C/c3cccn3-c3ccc([N+](=O)[O-])cc3)C2=O)cc1. The number of imide groups is 1. The minimum atomic E-state index is -0.696. The molecule has 0 radical (unpaired) electrons. The third-order valence-electron chi connectivity index (χ3n) is 5.01. The van der Waals surface area contributed by atoms with Gasteiger partial charge in [-0.05, 0) is 49.4 Å². The molecular weight excluding hydrogens is 426 g/mol. The van der Waals surface area contributed by atoms with E-state index in [1.807, 2.05) is 19.1 Å². The Balaban J connectivity index is 1.49. The van der Waals surface area contributed by atoms with Gasteiger partial charge >= 0.3 is 6.03 Å². The quantitative estimate of drug-likeness (QED) is 0.261. The number of amides is 4. The molecule has 1 aliphatic rings. The average molecular weight is 445 g/mol. The molecule has 0 aliphatic carbocycles. The predicted molar refractivity (Wildman–Crippen MR) is 120 cm³/mol. The van der Waals surface area contributed by atoms with Crippen LogP contribution in [0.3, 0.4) is 0 Å². The van der Waals surface area contributed by atoms with Crippen molar-refractivity contribution in [2.45, 2.75) is 6.92 Å². The molecule has 1 fully saturated rings. The number of benzene rings is 2. The number of carbonyl (C=O) groups is 3. The minimum Gasteiger partial charge on any atom is -0.325 e. The Morgan fingerprint density at radius 1 is 1.09 bits per heavy atom. The lowest BCUT2D eigenvalue weighted by molar-refractivity contribution is -0.384. The molecule has 2 N–H and O–H groups in total. The zero-order valence-corrected chi connectivity index (χ0v) is 17.5. The number of hydrogen-bond donors (Lipinski definition) is 2. The monoisotopic (exact) mass is 445 g/mol. The number of nitrogens with zero attached hydrogens (tertiary/aromatic N) is 3. The Morgan fingerprint density at radius 3 is 2.45 bits per heavy atom. The van der Waals surface area contributed by atoms with Crippen LogP contribution in [0.1, 0.15) is 11.3 Å². The highest BCUT2D eigenvalue weighted by molar-refractivity contribution is 6.15. The van der Waals surface area contributed by atoms with E-state index in [0.717, 1.165) is 10.5 Å². The third-order valence-corrected chi connectivity index (χ3v) is 5.01. The second-order valence-electron chi connectivity index (χ2n) is 7.37. The maximum Gasteiger partial charge on any atom is 0.329 e. The van der Waals surface area contributed by atoms with Crippen LogP contribution < -0.4 is 10.6 Å². The highest BCUT2D eigenvalue weighted by Crippen LogP contribution is 2.20. The van der Waals surface area contributed by atoms with Gasteiger partial charge < -0.3 is 15.2 Å². The fraction of sp³-hybridized carbons (Fsp3) is 0.0870. The van der Waals surface area contributed by atoms with Crippen molar-refractivity contribution in [2.24, 2.45) is 0 Å². The fourth-order valence-corrected chi connectivity index (χ4v) is 3.33. The van der Waals surface area contributed by atoms with Gasteiger partial charge in [0, 0.05) is 35.4 Å². The van der Waals surface area contributed by atoms with E-state index < -0.39 is 29.3 Å². The van der Waals surface area contributed by atoms with Crippen molar-refractivity contribution < 1.29 is 19.3 Å². The lowest BCUT2D eigenvalue weighted by Gasteiger charge is -2.12. The van der Waals surface area contributed by atoms with Crippen LogP contribution in [0, 0.1) is 17.0 Å². The van der Waals surface area contributed by atoms with Crippen molar-refractivity contribution in [1.82, 2.24) is 14.8 Å². The summed E-state index contributed by atoms with van der Waals surface area (Å²) in [6.45, 7) is 1.49. The predicted octanol–water partition coefficient (Wildman–Crippen LogP) is 3.23. The van der Waals surface area contributed by atoms with Gasteiger partial charge in [-0.15, -0.1) is 0 Å². The van der Waals surface area contributed by atoms with E-state index in [0.29, 0.717) is 17.1 Å². The summed E-state index contributed by atoms with van der Waals surface area (Å²) in [7, 11) is 0. The third kappa shape index (κ3) is 4.64. The van der Waals surface area contributed by atoms with Crippen molar-refractivity contribution in [3.63, 3.8) is 0 Å². The molecule has 33 heavy (non-hydrogen) atoms. The maximum atomic E-state index is 12.8. The van der Waals surface area contributed by atoms with Gasteiger partial charge in [-0.2, -0.15) is 0 Å². The van der Waals surface area contributed by atoms with Crippen LogP contribution in [0.15, 0.2) is 72.6 Å². The Bertz CT molecular complexity index is 1280. The number of non-ortho nitro benzene ring substituents is 1. The molecule has 0 atom stereocenters. The molecule has 4 rings (SSSR count). The average Bonchev–Trinajstić information content (AvgIpc) is 3.35. The summed E-state index contributed by atoms with van der Waals surface area (Å²) in [5.41, 5.74) is 2.79. The van der Waals surface area contributed by atoms with E-state index in [4.69, 9.17) is 0 Å². The van der Waals surface area contributed by atoms with Gasteiger partial charge in [0.1, 0.15) is 12.2 Å². The molecule has 4 amide bonds. The van der Waals surface area contributed by atoms with Crippen LogP contribution in [0.25, 0.3) is 11.8 Å². The van der Waals surface area contributed by atoms with E-state index in [1.165, 1.54) is 18.2 Å². The molecular formula is C23H19N5O5.